The molecule has 29 heavy (non-hydrogen) atoms. The highest BCUT2D eigenvalue weighted by Gasteiger charge is 2.13. The van der Waals surface area contributed by atoms with Gasteiger partial charge in [0, 0.05) is 12.1 Å². The number of nitro groups is 1. The van der Waals surface area contributed by atoms with Crippen molar-refractivity contribution >= 4 is 45.4 Å². The van der Waals surface area contributed by atoms with Crippen molar-refractivity contribution in [1.29, 1.82) is 0 Å². The maximum absolute atomic E-state index is 12.1. The molecule has 0 aliphatic rings. The number of benzene rings is 3. The van der Waals surface area contributed by atoms with E-state index in [9.17, 15) is 14.9 Å². The molecular weight excluding hydrogens is 394 g/mol. The highest BCUT2D eigenvalue weighted by atomic mass is 32.1. The van der Waals surface area contributed by atoms with Crippen molar-refractivity contribution in [3.63, 3.8) is 0 Å². The third kappa shape index (κ3) is 5.17. The zero-order chi connectivity index (χ0) is 20.8. The SMILES string of the molecule is COc1ccc([N+](=O)[O-])cc1NC(=S)NC(=O)COc1ccc2ccccc2c1. The Labute approximate surface area is 171 Å². The minimum absolute atomic E-state index is 0.0316. The van der Waals surface area contributed by atoms with Gasteiger partial charge in [0.05, 0.1) is 17.7 Å². The second kappa shape index (κ2) is 8.98. The number of nitrogens with one attached hydrogen (secondary N) is 2. The Balaban J connectivity index is 1.58. The Morgan fingerprint density at radius 2 is 1.86 bits per heavy atom. The molecule has 0 aromatic heterocycles. The van der Waals surface area contributed by atoms with Gasteiger partial charge in [0.2, 0.25) is 0 Å². The predicted octanol–water partition coefficient (Wildman–Crippen LogP) is 3.65. The van der Waals surface area contributed by atoms with E-state index in [4.69, 9.17) is 21.7 Å². The number of rotatable bonds is 6. The molecule has 3 aromatic rings. The van der Waals surface area contributed by atoms with E-state index >= 15 is 0 Å². The third-order valence-electron chi connectivity index (χ3n) is 3.99. The van der Waals surface area contributed by atoms with E-state index in [0.29, 0.717) is 11.5 Å². The topological polar surface area (TPSA) is 103 Å². The van der Waals surface area contributed by atoms with Gasteiger partial charge in [-0.25, -0.2) is 0 Å². The van der Waals surface area contributed by atoms with Crippen molar-refractivity contribution in [3.05, 3.63) is 70.8 Å². The summed E-state index contributed by atoms with van der Waals surface area (Å²) in [6.45, 7) is -0.244. The summed E-state index contributed by atoms with van der Waals surface area (Å²) in [5.41, 5.74) is 0.129. The maximum Gasteiger partial charge on any atom is 0.271 e. The summed E-state index contributed by atoms with van der Waals surface area (Å²) in [6, 6.07) is 17.3. The number of fused-ring (bicyclic) bond motifs is 1. The molecule has 2 N–H and O–H groups in total. The number of anilines is 1. The number of hydrogen-bond donors (Lipinski definition) is 2. The van der Waals surface area contributed by atoms with E-state index < -0.39 is 10.8 Å². The molecule has 148 valence electrons. The molecule has 0 bridgehead atoms. The molecule has 8 nitrogen and oxygen atoms in total. The van der Waals surface area contributed by atoms with Crippen LogP contribution in [0, 0.1) is 10.1 Å². The van der Waals surface area contributed by atoms with Gasteiger partial charge in [-0.05, 0) is 41.2 Å². The van der Waals surface area contributed by atoms with E-state index in [1.807, 2.05) is 36.4 Å². The Hall–Kier alpha value is -3.72. The summed E-state index contributed by atoms with van der Waals surface area (Å²) in [5.74, 6) is 0.428. The minimum atomic E-state index is -0.538. The fourth-order valence-corrected chi connectivity index (χ4v) is 2.85. The van der Waals surface area contributed by atoms with E-state index in [-0.39, 0.29) is 23.1 Å². The van der Waals surface area contributed by atoms with Gasteiger partial charge in [0.25, 0.3) is 11.6 Å². The highest BCUT2D eigenvalue weighted by Crippen LogP contribution is 2.28. The normalized spacial score (nSPS) is 10.2. The number of ether oxygens (including phenoxy) is 2. The number of nitrogens with zero attached hydrogens (tertiary/aromatic N) is 1. The Morgan fingerprint density at radius 1 is 1.10 bits per heavy atom. The van der Waals surface area contributed by atoms with Crippen LogP contribution in [0.2, 0.25) is 0 Å². The summed E-state index contributed by atoms with van der Waals surface area (Å²) in [5, 5.41) is 18.2. The van der Waals surface area contributed by atoms with Crippen molar-refractivity contribution in [2.75, 3.05) is 19.0 Å². The first-order valence-electron chi connectivity index (χ1n) is 8.51. The lowest BCUT2D eigenvalue weighted by Gasteiger charge is -2.13. The molecule has 0 saturated carbocycles. The van der Waals surface area contributed by atoms with Crippen molar-refractivity contribution < 1.29 is 19.2 Å². The second-order valence-corrected chi connectivity index (χ2v) is 6.35. The average molecular weight is 411 g/mol. The first kappa shape index (κ1) is 20.0. The van der Waals surface area contributed by atoms with Gasteiger partial charge < -0.3 is 14.8 Å². The summed E-state index contributed by atoms with van der Waals surface area (Å²) in [4.78, 5) is 22.5. The van der Waals surface area contributed by atoms with Gasteiger partial charge in [-0.3, -0.25) is 20.2 Å². The Bertz CT molecular complexity index is 1090. The highest BCUT2D eigenvalue weighted by molar-refractivity contribution is 7.80. The molecule has 9 heteroatoms. The first-order chi connectivity index (χ1) is 14.0. The van der Waals surface area contributed by atoms with Crippen molar-refractivity contribution in [2.45, 2.75) is 0 Å². The van der Waals surface area contributed by atoms with Crippen LogP contribution in [0.5, 0.6) is 11.5 Å². The largest absolute Gasteiger partial charge is 0.495 e. The maximum atomic E-state index is 12.1. The second-order valence-electron chi connectivity index (χ2n) is 5.94. The molecule has 0 unspecified atom stereocenters. The minimum Gasteiger partial charge on any atom is -0.495 e. The molecule has 0 aliphatic heterocycles. The van der Waals surface area contributed by atoms with Crippen molar-refractivity contribution in [1.82, 2.24) is 5.32 Å². The lowest BCUT2D eigenvalue weighted by molar-refractivity contribution is -0.384. The van der Waals surface area contributed by atoms with E-state index in [1.54, 1.807) is 6.07 Å². The number of hydrogen-bond acceptors (Lipinski definition) is 6. The summed E-state index contributed by atoms with van der Waals surface area (Å²) >= 11 is 5.10. The van der Waals surface area contributed by atoms with Gasteiger partial charge in [-0.15, -0.1) is 0 Å². The van der Waals surface area contributed by atoms with E-state index in [0.717, 1.165) is 10.8 Å². The van der Waals surface area contributed by atoms with Crippen LogP contribution in [0.1, 0.15) is 0 Å². The third-order valence-corrected chi connectivity index (χ3v) is 4.19. The van der Waals surface area contributed by atoms with Crippen LogP contribution in [0.25, 0.3) is 10.8 Å². The number of amides is 1. The Morgan fingerprint density at radius 3 is 2.59 bits per heavy atom. The standard InChI is InChI=1S/C20H17N3O5S/c1-27-18-9-7-15(23(25)26)11-17(18)21-20(29)22-19(24)12-28-16-8-6-13-4-2-3-5-14(13)10-16/h2-11H,12H2,1H3,(H2,21,22,24,29). The monoisotopic (exact) mass is 411 g/mol. The average Bonchev–Trinajstić information content (AvgIpc) is 2.71. The zero-order valence-electron chi connectivity index (χ0n) is 15.4. The van der Waals surface area contributed by atoms with E-state index in [1.165, 1.54) is 25.3 Å². The number of non-ortho nitro benzene ring substituents is 1. The van der Waals surface area contributed by atoms with E-state index in [2.05, 4.69) is 10.6 Å². The van der Waals surface area contributed by atoms with Gasteiger partial charge in [-0.1, -0.05) is 30.3 Å². The molecular formula is C20H17N3O5S. The number of nitro benzene ring substituents is 1. The molecule has 0 saturated heterocycles. The number of carbonyl (C=O) groups is 1. The molecule has 0 aliphatic carbocycles. The number of methoxy groups -OCH3 is 1. The first-order valence-corrected chi connectivity index (χ1v) is 8.92. The van der Waals surface area contributed by atoms with Crippen LogP contribution in [-0.2, 0) is 4.79 Å². The van der Waals surface area contributed by atoms with Crippen LogP contribution < -0.4 is 20.1 Å². The molecule has 3 rings (SSSR count). The molecule has 0 radical (unpaired) electrons. The molecule has 0 fully saturated rings. The smallest absolute Gasteiger partial charge is 0.271 e. The molecule has 3 aromatic carbocycles. The van der Waals surface area contributed by atoms with Gasteiger partial charge >= 0.3 is 0 Å². The van der Waals surface area contributed by atoms with Gasteiger partial charge in [0.1, 0.15) is 11.5 Å². The summed E-state index contributed by atoms with van der Waals surface area (Å²) in [7, 11) is 1.42. The van der Waals surface area contributed by atoms with Crippen LogP contribution in [0.15, 0.2) is 60.7 Å². The Kier molecular flexibility index (Phi) is 6.20. The molecule has 0 spiro atoms. The fraction of sp³-hybridized carbons (Fsp3) is 0.100. The molecule has 1 amide bonds. The van der Waals surface area contributed by atoms with Crippen LogP contribution in [0.4, 0.5) is 11.4 Å². The fourth-order valence-electron chi connectivity index (χ4n) is 2.63. The van der Waals surface area contributed by atoms with Gasteiger partial charge in [-0.2, -0.15) is 0 Å². The quantitative estimate of drug-likeness (QED) is 0.363. The van der Waals surface area contributed by atoms with Crippen LogP contribution >= 0.6 is 12.2 Å². The molecule has 0 atom stereocenters. The summed E-state index contributed by atoms with van der Waals surface area (Å²) in [6.07, 6.45) is 0. The van der Waals surface area contributed by atoms with Gasteiger partial charge in [0.15, 0.2) is 11.7 Å². The zero-order valence-corrected chi connectivity index (χ0v) is 16.2. The van der Waals surface area contributed by atoms with Crippen molar-refractivity contribution in [2.24, 2.45) is 0 Å². The number of thiocarbonyl (C=S) groups is 1. The van der Waals surface area contributed by atoms with Crippen molar-refractivity contribution in [3.8, 4) is 11.5 Å². The van der Waals surface area contributed by atoms with Crippen LogP contribution in [0.3, 0.4) is 0 Å². The molecule has 0 heterocycles. The predicted molar refractivity (Wildman–Crippen MR) is 113 cm³/mol. The van der Waals surface area contributed by atoms with Crippen LogP contribution in [-0.4, -0.2) is 29.7 Å². The lowest BCUT2D eigenvalue weighted by atomic mass is 10.1. The lowest BCUT2D eigenvalue weighted by Crippen LogP contribution is -2.37. The summed E-state index contributed by atoms with van der Waals surface area (Å²) < 4.78 is 10.7. The number of carbonyl (C=O) groups excluding carboxylic acids is 1.